The summed E-state index contributed by atoms with van der Waals surface area (Å²) in [4.78, 5) is 63.0. The molecule has 520 valence electrons. The first-order valence-corrected chi connectivity index (χ1v) is 38.1. The number of fused-ring (bicyclic) bond motifs is 15. The standard InChI is InChI=1S/2C28H42O3.C28H44O2.CH4/c2*1-17(19(3)29)7-6-8-18(2)26-25(31)16-24-22-10-9-20-15-21(30)11-13-27(20,4)23(22)12-14-28(24,26)5;1-18(20(3)29)7-6-8-19(2)24-11-12-25-23-10-9-21-17-22(30)13-15-27(21,4)26(23)14-16-28(24,25)5;/h2*9,17-18,22-24,26,29H,3,6-8,10-16H2,1-2,4-5H3;10,18-19,21,24-26,29H,3,6-9,11-17H2,1-2,4-5H3;1H4/t17-,18?,22?,23?,24?,26+,27+,28+;17-,18?,22?,23?,24?,26-,27-,28-;18-,19?,21?,24+,25?,26?,27-,28+;/m100./s1. The Morgan fingerprint density at radius 1 is 0.452 bits per heavy atom. The second kappa shape index (κ2) is 28.6. The molecule has 0 spiro atoms. The Morgan fingerprint density at radius 3 is 1.30 bits per heavy atom. The van der Waals surface area contributed by atoms with Crippen LogP contribution in [0.2, 0.25) is 0 Å². The molecular weight excluding hydrogens is 1150 g/mol. The maximum Gasteiger partial charge on any atom is 0.137 e. The highest BCUT2D eigenvalue weighted by molar-refractivity contribution is 5.86. The molecule has 93 heavy (non-hydrogen) atoms. The van der Waals surface area contributed by atoms with Crippen LogP contribution in [0, 0.1) is 139 Å². The summed E-state index contributed by atoms with van der Waals surface area (Å²) in [5, 5.41) is 28.8. The molecule has 12 aliphatic rings. The van der Waals surface area contributed by atoms with Crippen LogP contribution >= 0.6 is 0 Å². The Bertz CT molecular complexity index is 2790. The third-order valence-electron chi connectivity index (χ3n) is 31.1. The van der Waals surface area contributed by atoms with E-state index in [2.05, 4.69) is 107 Å². The minimum absolute atomic E-state index is 0. The predicted molar refractivity (Wildman–Crippen MR) is 380 cm³/mol. The van der Waals surface area contributed by atoms with E-state index in [9.17, 15) is 39.3 Å². The molecule has 12 aliphatic carbocycles. The molecular formula is C85H132O8. The highest BCUT2D eigenvalue weighted by atomic mass is 16.3. The number of carbonyl (C=O) groups is 5. The molecule has 24 atom stereocenters. The van der Waals surface area contributed by atoms with E-state index in [1.54, 1.807) is 5.57 Å². The molecule has 8 heteroatoms. The van der Waals surface area contributed by atoms with E-state index in [4.69, 9.17) is 0 Å². The van der Waals surface area contributed by atoms with Crippen LogP contribution in [0.1, 0.15) is 290 Å². The lowest BCUT2D eigenvalue weighted by Gasteiger charge is -2.57. The first-order chi connectivity index (χ1) is 43.3. The average molecular weight is 1280 g/mol. The van der Waals surface area contributed by atoms with Crippen LogP contribution in [0.25, 0.3) is 0 Å². The fraction of sp³-hybridized carbons (Fsp3) is 0.800. The number of hydrogen-bond acceptors (Lipinski definition) is 8. The zero-order valence-electron chi connectivity index (χ0n) is 60.0. The molecule has 12 unspecified atom stereocenters. The van der Waals surface area contributed by atoms with Crippen molar-refractivity contribution in [3.05, 3.63) is 72.0 Å². The smallest absolute Gasteiger partial charge is 0.137 e. The lowest BCUT2D eigenvalue weighted by Crippen LogP contribution is -2.50. The summed E-state index contributed by atoms with van der Waals surface area (Å²) in [5.74, 6) is 12.0. The Balaban J connectivity index is 0.000000164. The maximum absolute atomic E-state index is 13.4. The van der Waals surface area contributed by atoms with Crippen molar-refractivity contribution in [1.82, 2.24) is 0 Å². The van der Waals surface area contributed by atoms with Crippen molar-refractivity contribution in [1.29, 1.82) is 0 Å². The van der Waals surface area contributed by atoms with E-state index in [1.807, 2.05) is 13.8 Å². The lowest BCUT2D eigenvalue weighted by atomic mass is 9.47. The van der Waals surface area contributed by atoms with E-state index >= 15 is 0 Å². The number of aliphatic hydroxyl groups excluding tert-OH is 3. The predicted octanol–water partition coefficient (Wildman–Crippen LogP) is 21.9. The topological polar surface area (TPSA) is 146 Å². The van der Waals surface area contributed by atoms with Gasteiger partial charge in [0.2, 0.25) is 0 Å². The molecule has 0 amide bonds. The maximum atomic E-state index is 13.4. The first kappa shape index (κ1) is 73.4. The van der Waals surface area contributed by atoms with E-state index in [0.717, 1.165) is 159 Å². The summed E-state index contributed by atoms with van der Waals surface area (Å²) in [5.41, 5.74) is 6.03. The summed E-state index contributed by atoms with van der Waals surface area (Å²) in [6.45, 7) is 39.0. The molecule has 9 saturated carbocycles. The number of rotatable bonds is 18. The van der Waals surface area contributed by atoms with Gasteiger partial charge in [-0.05, 0) is 231 Å². The van der Waals surface area contributed by atoms with Gasteiger partial charge in [-0.2, -0.15) is 0 Å². The van der Waals surface area contributed by atoms with Crippen LogP contribution < -0.4 is 0 Å². The SMILES string of the molecule is C.C=C(O)[C@@H](C)CCCC(C)[C@H]1C(=O)CC2C3CC=C4CC(=O)CC[C@]4(C)C3CC[C@@]21C.C=C(O)[C@@H](C)CCCC(C)[C@H]1CCC2C3=CCC4CC(=O)CC[C@]4(C)C3CC[C@@]21C.C=C(O)[C@H](C)CCCC(C)[C@H]1C(=O)CC2C3CC=C4CC(=O)CC[C@]4(C)C3CC[C@@]21C. The molecule has 0 saturated heterocycles. The molecule has 8 nitrogen and oxygen atoms in total. The van der Waals surface area contributed by atoms with Crippen LogP contribution in [0.3, 0.4) is 0 Å². The van der Waals surface area contributed by atoms with Gasteiger partial charge >= 0.3 is 0 Å². The molecule has 9 fully saturated rings. The molecule has 0 bridgehead atoms. The summed E-state index contributed by atoms with van der Waals surface area (Å²) in [6.07, 6.45) is 39.5. The zero-order valence-corrected chi connectivity index (χ0v) is 60.0. The van der Waals surface area contributed by atoms with Crippen molar-refractivity contribution in [2.24, 2.45) is 139 Å². The van der Waals surface area contributed by atoms with E-state index in [-0.39, 0.29) is 70.2 Å². The Morgan fingerprint density at radius 2 is 0.860 bits per heavy atom. The molecule has 12 rings (SSSR count). The van der Waals surface area contributed by atoms with Gasteiger partial charge in [0.25, 0.3) is 0 Å². The minimum atomic E-state index is 0. The first-order valence-electron chi connectivity index (χ1n) is 38.1. The number of carbonyl (C=O) groups excluding carboxylic acids is 5. The van der Waals surface area contributed by atoms with Crippen molar-refractivity contribution in [3.63, 3.8) is 0 Å². The normalized spacial score (nSPS) is 41.5. The minimum Gasteiger partial charge on any atom is -0.513 e. The fourth-order valence-corrected chi connectivity index (χ4v) is 25.1. The third kappa shape index (κ3) is 13.8. The average Bonchev–Trinajstić information content (AvgIpc) is 1.69. The second-order valence-electron chi connectivity index (χ2n) is 36.0. The number of hydrogen-bond donors (Lipinski definition) is 3. The second-order valence-corrected chi connectivity index (χ2v) is 36.0. The molecule has 0 heterocycles. The summed E-state index contributed by atoms with van der Waals surface area (Å²) in [6, 6.07) is 0. The lowest BCUT2D eigenvalue weighted by molar-refractivity contribution is -0.127. The van der Waals surface area contributed by atoms with Gasteiger partial charge in [0.05, 0.1) is 17.3 Å². The van der Waals surface area contributed by atoms with E-state index < -0.39 is 0 Å². The number of Topliss-reactive ketones (excluding diaryl/α,β-unsaturated/α-hetero) is 5. The number of allylic oxidation sites excluding steroid dienone is 9. The Kier molecular flexibility index (Phi) is 22.6. The van der Waals surface area contributed by atoms with Crippen molar-refractivity contribution in [2.45, 2.75) is 290 Å². The summed E-state index contributed by atoms with van der Waals surface area (Å²) in [7, 11) is 0. The van der Waals surface area contributed by atoms with Gasteiger partial charge in [-0.3, -0.25) is 24.0 Å². The van der Waals surface area contributed by atoms with Crippen LogP contribution in [-0.2, 0) is 24.0 Å². The van der Waals surface area contributed by atoms with Gasteiger partial charge in [0.15, 0.2) is 0 Å². The van der Waals surface area contributed by atoms with Gasteiger partial charge in [-0.15, -0.1) is 0 Å². The highest BCUT2D eigenvalue weighted by Crippen LogP contribution is 2.70. The number of ketones is 5. The molecule has 0 aromatic carbocycles. The molecule has 3 N–H and O–H groups in total. The van der Waals surface area contributed by atoms with Gasteiger partial charge < -0.3 is 15.3 Å². The van der Waals surface area contributed by atoms with E-state index in [0.29, 0.717) is 112 Å². The largest absolute Gasteiger partial charge is 0.513 e. The van der Waals surface area contributed by atoms with Crippen molar-refractivity contribution < 1.29 is 39.3 Å². The third-order valence-corrected chi connectivity index (χ3v) is 31.1. The molecule has 0 aromatic heterocycles. The molecule has 0 aromatic rings. The number of aliphatic hydroxyl groups is 3. The van der Waals surface area contributed by atoms with Crippen LogP contribution in [0.4, 0.5) is 0 Å². The van der Waals surface area contributed by atoms with Crippen LogP contribution in [0.5, 0.6) is 0 Å². The van der Waals surface area contributed by atoms with Crippen molar-refractivity contribution in [2.75, 3.05) is 0 Å². The molecule has 0 aliphatic heterocycles. The highest BCUT2D eigenvalue weighted by Gasteiger charge is 2.64. The molecule has 0 radical (unpaired) electrons. The van der Waals surface area contributed by atoms with Crippen molar-refractivity contribution in [3.8, 4) is 0 Å². The summed E-state index contributed by atoms with van der Waals surface area (Å²) < 4.78 is 0. The quantitative estimate of drug-likeness (QED) is 0.0908. The zero-order chi connectivity index (χ0) is 66.8. The fourth-order valence-electron chi connectivity index (χ4n) is 25.1. The van der Waals surface area contributed by atoms with Gasteiger partial charge in [0, 0.05) is 81.0 Å². The van der Waals surface area contributed by atoms with Crippen molar-refractivity contribution >= 4 is 28.9 Å². The van der Waals surface area contributed by atoms with Gasteiger partial charge in [0.1, 0.15) is 28.9 Å². The monoisotopic (exact) mass is 1280 g/mol. The van der Waals surface area contributed by atoms with Crippen LogP contribution in [0.15, 0.2) is 72.0 Å². The Hall–Kier alpha value is -3.81. The van der Waals surface area contributed by atoms with E-state index in [1.165, 1.54) is 62.5 Å². The Labute approximate surface area is 565 Å². The summed E-state index contributed by atoms with van der Waals surface area (Å²) >= 11 is 0. The van der Waals surface area contributed by atoms with Crippen LogP contribution in [-0.4, -0.2) is 44.2 Å². The van der Waals surface area contributed by atoms with Gasteiger partial charge in [-0.25, -0.2) is 0 Å². The van der Waals surface area contributed by atoms with Gasteiger partial charge in [-0.1, -0.05) is 171 Å².